The Morgan fingerprint density at radius 2 is 1.92 bits per heavy atom. The van der Waals surface area contributed by atoms with Crippen LogP contribution in [0, 0.1) is 5.92 Å². The Morgan fingerprint density at radius 3 is 2.56 bits per heavy atom. The van der Waals surface area contributed by atoms with E-state index in [9.17, 15) is 4.79 Å². The number of rotatable bonds is 6. The minimum Gasteiger partial charge on any atom is -0.381 e. The lowest BCUT2D eigenvalue weighted by atomic mass is 9.83. The van der Waals surface area contributed by atoms with E-state index >= 15 is 0 Å². The van der Waals surface area contributed by atoms with Gasteiger partial charge in [0.2, 0.25) is 5.91 Å². The van der Waals surface area contributed by atoms with Crippen molar-refractivity contribution in [2.24, 2.45) is 5.92 Å². The highest BCUT2D eigenvalue weighted by atomic mass is 16.5. The van der Waals surface area contributed by atoms with Gasteiger partial charge in [0.25, 0.3) is 0 Å². The first kappa shape index (κ1) is 18.4. The number of nitrogens with zero attached hydrogens (tertiary/aromatic N) is 1. The van der Waals surface area contributed by atoms with Crippen molar-refractivity contribution in [1.82, 2.24) is 10.2 Å². The van der Waals surface area contributed by atoms with Crippen LogP contribution in [0.25, 0.3) is 0 Å². The van der Waals surface area contributed by atoms with Gasteiger partial charge in [-0.25, -0.2) is 0 Å². The maximum absolute atomic E-state index is 12.9. The third kappa shape index (κ3) is 4.40. The Labute approximate surface area is 150 Å². The van der Waals surface area contributed by atoms with Crippen LogP contribution >= 0.6 is 0 Å². The van der Waals surface area contributed by atoms with Crippen LogP contribution in [0.4, 0.5) is 0 Å². The van der Waals surface area contributed by atoms with Crippen molar-refractivity contribution in [1.29, 1.82) is 0 Å². The normalized spacial score (nSPS) is 23.4. The summed E-state index contributed by atoms with van der Waals surface area (Å²) in [4.78, 5) is 15.3. The average Bonchev–Trinajstić information content (AvgIpc) is 3.18. The molecule has 2 saturated heterocycles. The molecule has 0 radical (unpaired) electrons. The number of ether oxygens (including phenoxy) is 2. The minimum absolute atomic E-state index is 0.0795. The molecule has 138 valence electrons. The number of carbonyl (C=O) groups is 1. The lowest BCUT2D eigenvalue weighted by Gasteiger charge is -2.38. The molecule has 5 nitrogen and oxygen atoms in total. The molecule has 0 saturated carbocycles. The molecule has 3 rings (SSSR count). The van der Waals surface area contributed by atoms with Crippen LogP contribution in [-0.4, -0.2) is 62.9 Å². The summed E-state index contributed by atoms with van der Waals surface area (Å²) in [5.41, 5.74) is 0.503. The van der Waals surface area contributed by atoms with Crippen molar-refractivity contribution in [3.05, 3.63) is 35.9 Å². The van der Waals surface area contributed by atoms with Crippen molar-refractivity contribution < 1.29 is 14.3 Å². The molecule has 0 unspecified atom stereocenters. The highest BCUT2D eigenvalue weighted by Crippen LogP contribution is 2.25. The second-order valence-electron chi connectivity index (χ2n) is 7.54. The van der Waals surface area contributed by atoms with E-state index in [1.54, 1.807) is 0 Å². The summed E-state index contributed by atoms with van der Waals surface area (Å²) >= 11 is 0. The Bertz CT molecular complexity index is 549. The lowest BCUT2D eigenvalue weighted by Crippen LogP contribution is -2.54. The summed E-state index contributed by atoms with van der Waals surface area (Å²) in [6.07, 6.45) is 1.07. The highest BCUT2D eigenvalue weighted by Gasteiger charge is 2.34. The van der Waals surface area contributed by atoms with Gasteiger partial charge in [-0.15, -0.1) is 0 Å². The molecule has 2 fully saturated rings. The van der Waals surface area contributed by atoms with E-state index in [1.807, 2.05) is 44.2 Å². The molecule has 1 aromatic carbocycles. The number of hydrogen-bond acceptors (Lipinski definition) is 4. The number of nitrogens with one attached hydrogen (secondary N) is 1. The first-order valence-electron chi connectivity index (χ1n) is 9.32. The van der Waals surface area contributed by atoms with Gasteiger partial charge in [0.05, 0.1) is 25.2 Å². The van der Waals surface area contributed by atoms with E-state index < -0.39 is 5.41 Å². The van der Waals surface area contributed by atoms with Gasteiger partial charge in [-0.3, -0.25) is 9.69 Å². The van der Waals surface area contributed by atoms with Crippen molar-refractivity contribution in [2.75, 3.05) is 46.1 Å². The van der Waals surface area contributed by atoms with E-state index in [4.69, 9.17) is 9.47 Å². The van der Waals surface area contributed by atoms with Crippen LogP contribution in [0.1, 0.15) is 25.8 Å². The zero-order valence-electron chi connectivity index (χ0n) is 15.4. The summed E-state index contributed by atoms with van der Waals surface area (Å²) in [5.74, 6) is 0.564. The van der Waals surface area contributed by atoms with E-state index in [0.29, 0.717) is 18.5 Å². The largest absolute Gasteiger partial charge is 0.381 e. The summed E-state index contributed by atoms with van der Waals surface area (Å²) < 4.78 is 11.1. The Balaban J connectivity index is 1.64. The molecule has 0 aromatic heterocycles. The number of amides is 1. The van der Waals surface area contributed by atoms with Gasteiger partial charge < -0.3 is 14.8 Å². The molecule has 2 aliphatic heterocycles. The first-order valence-corrected chi connectivity index (χ1v) is 9.32. The smallest absolute Gasteiger partial charge is 0.230 e. The SMILES string of the molecule is CC(C)(C(=O)NC[C@H]([C@@H]1CCOC1)N1CCOCC1)c1ccccc1. The molecule has 2 aliphatic rings. The Morgan fingerprint density at radius 1 is 1.20 bits per heavy atom. The van der Waals surface area contributed by atoms with Gasteiger partial charge in [-0.1, -0.05) is 30.3 Å². The zero-order chi connectivity index (χ0) is 17.7. The van der Waals surface area contributed by atoms with Crippen LogP contribution < -0.4 is 5.32 Å². The van der Waals surface area contributed by atoms with Crippen LogP contribution in [0.2, 0.25) is 0 Å². The number of hydrogen-bond donors (Lipinski definition) is 1. The van der Waals surface area contributed by atoms with Gasteiger partial charge in [0, 0.05) is 38.2 Å². The fourth-order valence-corrected chi connectivity index (χ4v) is 3.76. The molecular weight excluding hydrogens is 316 g/mol. The number of morpholine rings is 1. The molecule has 0 aliphatic carbocycles. The van der Waals surface area contributed by atoms with E-state index in [0.717, 1.165) is 51.5 Å². The van der Waals surface area contributed by atoms with Gasteiger partial charge in [-0.05, 0) is 25.8 Å². The molecule has 0 spiro atoms. The molecule has 25 heavy (non-hydrogen) atoms. The van der Waals surface area contributed by atoms with Crippen LogP contribution in [0.3, 0.4) is 0 Å². The van der Waals surface area contributed by atoms with Crippen molar-refractivity contribution >= 4 is 5.91 Å². The molecule has 5 heteroatoms. The van der Waals surface area contributed by atoms with Gasteiger partial charge >= 0.3 is 0 Å². The molecule has 0 bridgehead atoms. The standard InChI is InChI=1S/C20H30N2O3/c1-20(2,17-6-4-3-5-7-17)19(23)21-14-18(16-8-11-25-15-16)22-9-12-24-13-10-22/h3-7,16,18H,8-15H2,1-2H3,(H,21,23)/t16-,18-/m1/s1. The van der Waals surface area contributed by atoms with Crippen LogP contribution in [-0.2, 0) is 19.7 Å². The minimum atomic E-state index is -0.539. The number of carbonyl (C=O) groups excluding carboxylic acids is 1. The van der Waals surface area contributed by atoms with Crippen LogP contribution in [0.15, 0.2) is 30.3 Å². The number of benzene rings is 1. The molecular formula is C20H30N2O3. The van der Waals surface area contributed by atoms with Crippen molar-refractivity contribution in [3.8, 4) is 0 Å². The van der Waals surface area contributed by atoms with Gasteiger partial charge in [0.15, 0.2) is 0 Å². The summed E-state index contributed by atoms with van der Waals surface area (Å²) in [6, 6.07) is 10.3. The van der Waals surface area contributed by atoms with E-state index in [1.165, 1.54) is 0 Å². The fraction of sp³-hybridized carbons (Fsp3) is 0.650. The molecule has 1 amide bonds. The topological polar surface area (TPSA) is 50.8 Å². The van der Waals surface area contributed by atoms with Crippen LogP contribution in [0.5, 0.6) is 0 Å². The average molecular weight is 346 g/mol. The molecule has 1 N–H and O–H groups in total. The predicted molar refractivity (Wildman–Crippen MR) is 97.6 cm³/mol. The van der Waals surface area contributed by atoms with Crippen molar-refractivity contribution in [2.45, 2.75) is 31.7 Å². The lowest BCUT2D eigenvalue weighted by molar-refractivity contribution is -0.126. The summed E-state index contributed by atoms with van der Waals surface area (Å²) in [7, 11) is 0. The second-order valence-corrected chi connectivity index (χ2v) is 7.54. The first-order chi connectivity index (χ1) is 12.1. The summed E-state index contributed by atoms with van der Waals surface area (Å²) in [5, 5.41) is 3.22. The monoisotopic (exact) mass is 346 g/mol. The Hall–Kier alpha value is -1.43. The maximum Gasteiger partial charge on any atom is 0.230 e. The van der Waals surface area contributed by atoms with E-state index in [-0.39, 0.29) is 5.91 Å². The third-order valence-corrected chi connectivity index (χ3v) is 5.56. The fourth-order valence-electron chi connectivity index (χ4n) is 3.76. The van der Waals surface area contributed by atoms with Crippen molar-refractivity contribution in [3.63, 3.8) is 0 Å². The zero-order valence-corrected chi connectivity index (χ0v) is 15.4. The molecule has 1 aromatic rings. The quantitative estimate of drug-likeness (QED) is 0.854. The predicted octanol–water partition coefficient (Wildman–Crippen LogP) is 1.82. The summed E-state index contributed by atoms with van der Waals surface area (Å²) in [6.45, 7) is 9.66. The van der Waals surface area contributed by atoms with E-state index in [2.05, 4.69) is 10.2 Å². The molecule has 2 atom stereocenters. The third-order valence-electron chi connectivity index (χ3n) is 5.56. The van der Waals surface area contributed by atoms with Gasteiger partial charge in [0.1, 0.15) is 0 Å². The Kier molecular flexibility index (Phi) is 6.10. The second kappa shape index (κ2) is 8.30. The highest BCUT2D eigenvalue weighted by molar-refractivity contribution is 5.87. The van der Waals surface area contributed by atoms with Gasteiger partial charge in [-0.2, -0.15) is 0 Å². The molecule has 2 heterocycles. The maximum atomic E-state index is 12.9.